The molecule has 1 aliphatic heterocycles. The van der Waals surface area contributed by atoms with E-state index in [0.29, 0.717) is 6.42 Å². The molecule has 528 valence electrons. The maximum atomic E-state index is 13.2. The van der Waals surface area contributed by atoms with Crippen molar-refractivity contribution in [1.82, 2.24) is 5.32 Å². The summed E-state index contributed by atoms with van der Waals surface area (Å²) in [5, 5.41) is 54.8. The monoisotopic (exact) mass is 1260 g/mol. The van der Waals surface area contributed by atoms with Crippen molar-refractivity contribution >= 4 is 5.91 Å². The van der Waals surface area contributed by atoms with Crippen LogP contribution >= 0.6 is 0 Å². The lowest BCUT2D eigenvalue weighted by Gasteiger charge is -2.40. The van der Waals surface area contributed by atoms with Crippen LogP contribution in [-0.4, -0.2) is 87.5 Å². The van der Waals surface area contributed by atoms with Crippen LogP contribution in [0.4, 0.5) is 0 Å². The van der Waals surface area contributed by atoms with Gasteiger partial charge in [-0.1, -0.05) is 411 Å². The van der Waals surface area contributed by atoms with Crippen molar-refractivity contribution in [3.05, 3.63) is 24.3 Å². The average molecular weight is 1260 g/mol. The van der Waals surface area contributed by atoms with E-state index >= 15 is 0 Å². The quantitative estimate of drug-likeness (QED) is 0.0261. The molecule has 7 unspecified atom stereocenters. The molecule has 1 aliphatic rings. The van der Waals surface area contributed by atoms with Crippen LogP contribution < -0.4 is 5.32 Å². The second-order valence-corrected chi connectivity index (χ2v) is 28.2. The second-order valence-electron chi connectivity index (χ2n) is 28.2. The lowest BCUT2D eigenvalue weighted by Crippen LogP contribution is -2.60. The Balaban J connectivity index is 2.04. The Morgan fingerprint density at radius 3 is 0.944 bits per heavy atom. The number of hydrogen-bond donors (Lipinski definition) is 6. The number of allylic oxidation sites excluding steroid dienone is 3. The van der Waals surface area contributed by atoms with Crippen molar-refractivity contribution in [1.29, 1.82) is 0 Å². The predicted octanol–water partition coefficient (Wildman–Crippen LogP) is 22.8. The van der Waals surface area contributed by atoms with Gasteiger partial charge < -0.3 is 40.3 Å². The fourth-order valence-corrected chi connectivity index (χ4v) is 13.3. The molecule has 9 heteroatoms. The largest absolute Gasteiger partial charge is 0.394 e. The van der Waals surface area contributed by atoms with E-state index in [1.54, 1.807) is 6.08 Å². The zero-order valence-corrected chi connectivity index (χ0v) is 59.5. The summed E-state index contributed by atoms with van der Waals surface area (Å²) in [5.74, 6) is -0.176. The van der Waals surface area contributed by atoms with Crippen LogP contribution in [0.5, 0.6) is 0 Å². The number of ether oxygens (including phenoxy) is 2. The van der Waals surface area contributed by atoms with E-state index in [1.165, 1.54) is 366 Å². The summed E-state index contributed by atoms with van der Waals surface area (Å²) in [6, 6.07) is -0.821. The summed E-state index contributed by atoms with van der Waals surface area (Å²) in [5.41, 5.74) is 0. The Labute approximate surface area is 553 Å². The van der Waals surface area contributed by atoms with Gasteiger partial charge >= 0.3 is 0 Å². The van der Waals surface area contributed by atoms with E-state index in [-0.39, 0.29) is 12.5 Å². The number of carbonyl (C=O) groups is 1. The highest BCUT2D eigenvalue weighted by atomic mass is 16.7. The molecule has 0 spiro atoms. The van der Waals surface area contributed by atoms with Gasteiger partial charge in [-0.25, -0.2) is 0 Å². The first-order chi connectivity index (χ1) is 43.8. The normalized spacial score (nSPS) is 17.9. The Kier molecular flexibility index (Phi) is 66.9. The molecule has 6 N–H and O–H groups in total. The van der Waals surface area contributed by atoms with Crippen molar-refractivity contribution in [2.75, 3.05) is 13.2 Å². The van der Waals surface area contributed by atoms with E-state index in [9.17, 15) is 30.3 Å². The molecule has 9 nitrogen and oxygen atoms in total. The highest BCUT2D eigenvalue weighted by Crippen LogP contribution is 2.24. The van der Waals surface area contributed by atoms with Gasteiger partial charge in [-0.05, 0) is 32.1 Å². The first-order valence-corrected chi connectivity index (χ1v) is 40.1. The van der Waals surface area contributed by atoms with Gasteiger partial charge in [0.05, 0.1) is 25.4 Å². The highest BCUT2D eigenvalue weighted by Gasteiger charge is 2.44. The first kappa shape index (κ1) is 85.7. The molecule has 0 aliphatic carbocycles. The van der Waals surface area contributed by atoms with Gasteiger partial charge in [0, 0.05) is 6.42 Å². The van der Waals surface area contributed by atoms with Gasteiger partial charge in [-0.3, -0.25) is 4.79 Å². The van der Waals surface area contributed by atoms with Crippen LogP contribution in [-0.2, 0) is 14.3 Å². The Morgan fingerprint density at radius 1 is 0.371 bits per heavy atom. The third kappa shape index (κ3) is 57.8. The predicted molar refractivity (Wildman–Crippen MR) is 383 cm³/mol. The van der Waals surface area contributed by atoms with Gasteiger partial charge in [-0.2, -0.15) is 0 Å². The Morgan fingerprint density at radius 2 is 0.640 bits per heavy atom. The number of amides is 1. The number of nitrogens with one attached hydrogen (secondary N) is 1. The minimum Gasteiger partial charge on any atom is -0.394 e. The molecule has 0 aromatic carbocycles. The molecule has 0 radical (unpaired) electrons. The van der Waals surface area contributed by atoms with Crippen LogP contribution in [0.1, 0.15) is 425 Å². The SMILES string of the molecule is CCCCCCCCCCCCCCCCCCCCCC/C=C/CC/C=C/C(O)C(COC1OC(CO)C(O)C(O)C1O)NC(=O)CCCCCCCCCCCCCCCCCCCCCCCCCCCCCCCCCCCCCCCCCC. The molecule has 1 saturated heterocycles. The number of aliphatic hydroxyl groups excluding tert-OH is 5. The lowest BCUT2D eigenvalue weighted by molar-refractivity contribution is -0.302. The van der Waals surface area contributed by atoms with E-state index < -0.39 is 49.5 Å². The van der Waals surface area contributed by atoms with Gasteiger partial charge in [0.2, 0.25) is 5.91 Å². The second kappa shape index (κ2) is 69.5. The summed E-state index contributed by atoms with van der Waals surface area (Å²) in [6.45, 7) is 3.84. The molecule has 1 fully saturated rings. The molecule has 1 amide bonds. The van der Waals surface area contributed by atoms with Gasteiger partial charge in [0.15, 0.2) is 6.29 Å². The third-order valence-corrected chi connectivity index (χ3v) is 19.5. The lowest BCUT2D eigenvalue weighted by atomic mass is 9.99. The average Bonchev–Trinajstić information content (AvgIpc) is 2.19. The van der Waals surface area contributed by atoms with Crippen molar-refractivity contribution in [2.45, 2.75) is 468 Å². The molecule has 0 aromatic heterocycles. The third-order valence-electron chi connectivity index (χ3n) is 19.5. The van der Waals surface area contributed by atoms with Crippen LogP contribution in [0, 0.1) is 0 Å². The number of unbranched alkanes of at least 4 members (excludes halogenated alkanes) is 60. The minimum atomic E-state index is -1.57. The van der Waals surface area contributed by atoms with Crippen LogP contribution in [0.3, 0.4) is 0 Å². The van der Waals surface area contributed by atoms with Crippen LogP contribution in [0.25, 0.3) is 0 Å². The Hall–Kier alpha value is -1.33. The molecule has 0 aromatic rings. The van der Waals surface area contributed by atoms with E-state index in [4.69, 9.17) is 9.47 Å². The summed E-state index contributed by atoms with van der Waals surface area (Å²) in [7, 11) is 0. The molecular weight excluding hydrogens is 1100 g/mol. The molecule has 7 atom stereocenters. The molecule has 89 heavy (non-hydrogen) atoms. The fraction of sp³-hybridized carbons (Fsp3) is 0.938. The smallest absolute Gasteiger partial charge is 0.220 e. The first-order valence-electron chi connectivity index (χ1n) is 40.1. The number of aliphatic hydroxyl groups is 5. The summed E-state index contributed by atoms with van der Waals surface area (Å²) in [4.78, 5) is 13.2. The molecule has 0 saturated carbocycles. The van der Waals surface area contributed by atoms with Gasteiger partial charge in [0.1, 0.15) is 24.4 Å². The summed E-state index contributed by atoms with van der Waals surface area (Å²) in [6.07, 6.45) is 86.3. The van der Waals surface area contributed by atoms with Gasteiger partial charge in [0.25, 0.3) is 0 Å². The Bertz CT molecular complexity index is 1460. The maximum Gasteiger partial charge on any atom is 0.220 e. The zero-order valence-electron chi connectivity index (χ0n) is 59.5. The molecular formula is C80H155NO8. The van der Waals surface area contributed by atoms with Crippen molar-refractivity contribution in [3.63, 3.8) is 0 Å². The molecule has 1 heterocycles. The highest BCUT2D eigenvalue weighted by molar-refractivity contribution is 5.76. The summed E-state index contributed by atoms with van der Waals surface area (Å²) >= 11 is 0. The topological polar surface area (TPSA) is 149 Å². The summed E-state index contributed by atoms with van der Waals surface area (Å²) < 4.78 is 11.3. The number of rotatable bonds is 72. The van der Waals surface area contributed by atoms with Crippen molar-refractivity contribution in [3.8, 4) is 0 Å². The van der Waals surface area contributed by atoms with Gasteiger partial charge in [-0.15, -0.1) is 0 Å². The van der Waals surface area contributed by atoms with Crippen molar-refractivity contribution in [2.24, 2.45) is 0 Å². The minimum absolute atomic E-state index is 0.176. The van der Waals surface area contributed by atoms with E-state index in [2.05, 4.69) is 31.3 Å². The molecule has 1 rings (SSSR count). The molecule has 0 bridgehead atoms. The standard InChI is InChI=1S/C80H155NO8/c1-3-5-7-9-11-13-15-17-19-21-23-25-27-29-31-32-33-34-35-36-37-38-39-40-41-42-43-44-46-48-50-52-54-56-58-60-62-64-66-68-70-76(84)81-73(72-88-80-79(87)78(86)77(85)75(71-82)89-80)74(83)69-67-65-63-61-59-57-55-53-51-49-47-45-30-28-26-24-22-20-18-16-14-12-10-8-6-4-2/h59,61,67,69,73-75,77-80,82-83,85-87H,3-58,60,62-66,68,70-72H2,1-2H3,(H,81,84)/b61-59+,69-67+. The maximum absolute atomic E-state index is 13.2. The van der Waals surface area contributed by atoms with Crippen LogP contribution in [0.2, 0.25) is 0 Å². The number of hydrogen-bond acceptors (Lipinski definition) is 8. The zero-order chi connectivity index (χ0) is 64.2. The van der Waals surface area contributed by atoms with E-state index in [0.717, 1.165) is 38.5 Å². The van der Waals surface area contributed by atoms with Crippen molar-refractivity contribution < 1.29 is 39.8 Å². The fourth-order valence-electron chi connectivity index (χ4n) is 13.3. The van der Waals surface area contributed by atoms with E-state index in [1.807, 2.05) is 6.08 Å². The van der Waals surface area contributed by atoms with Crippen LogP contribution in [0.15, 0.2) is 24.3 Å². The number of carbonyl (C=O) groups excluding carboxylic acids is 1.